The van der Waals surface area contributed by atoms with Crippen LogP contribution in [0.2, 0.25) is 5.02 Å². The normalized spacial score (nSPS) is 11.6. The average molecular weight is 411 g/mol. The highest BCUT2D eigenvalue weighted by atomic mass is 35.5. The molecule has 0 aliphatic carbocycles. The summed E-state index contributed by atoms with van der Waals surface area (Å²) in [6, 6.07) is 15.4. The Balaban J connectivity index is 2.11. The number of nitrogens with zero attached hydrogens (tertiary/aromatic N) is 2. The smallest absolute Gasteiger partial charge is 0.243 e. The van der Waals surface area contributed by atoms with Gasteiger partial charge >= 0.3 is 0 Å². The summed E-state index contributed by atoms with van der Waals surface area (Å²) in [6.45, 7) is 0.866. The Hall–Kier alpha value is -1.93. The van der Waals surface area contributed by atoms with Crippen molar-refractivity contribution in [2.75, 3.05) is 33.9 Å². The molecule has 0 spiro atoms. The van der Waals surface area contributed by atoms with Gasteiger partial charge in [-0.3, -0.25) is 4.79 Å². The second kappa shape index (κ2) is 9.85. The number of amides is 1. The molecular formula is C19H23ClN2O4S. The van der Waals surface area contributed by atoms with Gasteiger partial charge in [-0.2, -0.15) is 4.31 Å². The summed E-state index contributed by atoms with van der Waals surface area (Å²) in [4.78, 5) is 14.4. The maximum absolute atomic E-state index is 12.7. The van der Waals surface area contributed by atoms with Crippen LogP contribution in [0.1, 0.15) is 5.56 Å². The summed E-state index contributed by atoms with van der Waals surface area (Å²) < 4.78 is 31.4. The molecule has 0 N–H and O–H groups in total. The number of ether oxygens (including phenoxy) is 1. The van der Waals surface area contributed by atoms with Crippen molar-refractivity contribution in [1.82, 2.24) is 9.21 Å². The van der Waals surface area contributed by atoms with Gasteiger partial charge in [0.05, 0.1) is 18.0 Å². The molecular weight excluding hydrogens is 388 g/mol. The second-order valence-electron chi connectivity index (χ2n) is 6.01. The Kier molecular flexibility index (Phi) is 7.79. The zero-order chi connectivity index (χ0) is 19.9. The molecule has 8 heteroatoms. The van der Waals surface area contributed by atoms with Gasteiger partial charge in [-0.1, -0.05) is 41.9 Å². The number of rotatable bonds is 9. The van der Waals surface area contributed by atoms with Crippen LogP contribution in [0.25, 0.3) is 0 Å². The minimum atomic E-state index is -3.78. The van der Waals surface area contributed by atoms with Crippen LogP contribution in [-0.2, 0) is 26.1 Å². The van der Waals surface area contributed by atoms with E-state index in [1.807, 2.05) is 30.3 Å². The lowest BCUT2D eigenvalue weighted by Gasteiger charge is -2.25. The standard InChI is InChI=1S/C19H23ClN2O4S/c1-21(27(24,25)18-10-8-17(20)9-11-18)15-19(23)22(12-13-26-2)14-16-6-4-3-5-7-16/h3-11H,12-15H2,1-2H3. The molecule has 0 fully saturated rings. The van der Waals surface area contributed by atoms with Crippen LogP contribution < -0.4 is 0 Å². The Labute approximate surface area is 165 Å². The molecule has 6 nitrogen and oxygen atoms in total. The fourth-order valence-corrected chi connectivity index (χ4v) is 3.71. The van der Waals surface area contributed by atoms with Crippen molar-refractivity contribution in [1.29, 1.82) is 0 Å². The number of halogens is 1. The molecule has 0 aliphatic heterocycles. The molecule has 0 saturated carbocycles. The highest BCUT2D eigenvalue weighted by molar-refractivity contribution is 7.89. The molecule has 0 aliphatic rings. The number of carbonyl (C=O) groups excluding carboxylic acids is 1. The van der Waals surface area contributed by atoms with Gasteiger partial charge in [0.2, 0.25) is 15.9 Å². The van der Waals surface area contributed by atoms with E-state index >= 15 is 0 Å². The number of likely N-dealkylation sites (N-methyl/N-ethyl adjacent to an activating group) is 1. The Morgan fingerprint density at radius 2 is 1.70 bits per heavy atom. The van der Waals surface area contributed by atoms with E-state index in [1.54, 1.807) is 12.0 Å². The van der Waals surface area contributed by atoms with E-state index in [9.17, 15) is 13.2 Å². The molecule has 0 atom stereocenters. The second-order valence-corrected chi connectivity index (χ2v) is 8.49. The van der Waals surface area contributed by atoms with E-state index in [-0.39, 0.29) is 17.3 Å². The van der Waals surface area contributed by atoms with Crippen molar-refractivity contribution in [3.8, 4) is 0 Å². The molecule has 0 bridgehead atoms. The van der Waals surface area contributed by atoms with E-state index in [2.05, 4.69) is 0 Å². The molecule has 146 valence electrons. The Morgan fingerprint density at radius 1 is 1.07 bits per heavy atom. The molecule has 2 rings (SSSR count). The predicted octanol–water partition coefficient (Wildman–Crippen LogP) is 2.64. The summed E-state index contributed by atoms with van der Waals surface area (Å²) in [5, 5.41) is 0.446. The summed E-state index contributed by atoms with van der Waals surface area (Å²) in [6.07, 6.45) is 0. The third-order valence-electron chi connectivity index (χ3n) is 4.01. The van der Waals surface area contributed by atoms with Crippen LogP contribution in [0.15, 0.2) is 59.5 Å². The van der Waals surface area contributed by atoms with E-state index in [0.717, 1.165) is 9.87 Å². The van der Waals surface area contributed by atoms with Gasteiger partial charge in [0.25, 0.3) is 0 Å². The SMILES string of the molecule is COCCN(Cc1ccccc1)C(=O)CN(C)S(=O)(=O)c1ccc(Cl)cc1. The van der Waals surface area contributed by atoms with E-state index in [0.29, 0.717) is 24.7 Å². The van der Waals surface area contributed by atoms with Gasteiger partial charge in [0.1, 0.15) is 0 Å². The van der Waals surface area contributed by atoms with Crippen molar-refractivity contribution in [2.24, 2.45) is 0 Å². The number of benzene rings is 2. The quantitative estimate of drug-likeness (QED) is 0.637. The van der Waals surface area contributed by atoms with Crippen molar-refractivity contribution >= 4 is 27.5 Å². The van der Waals surface area contributed by atoms with Gasteiger partial charge in [-0.15, -0.1) is 0 Å². The highest BCUT2D eigenvalue weighted by Crippen LogP contribution is 2.17. The summed E-state index contributed by atoms with van der Waals surface area (Å²) >= 11 is 5.81. The molecule has 27 heavy (non-hydrogen) atoms. The van der Waals surface area contributed by atoms with E-state index < -0.39 is 10.0 Å². The lowest BCUT2D eigenvalue weighted by molar-refractivity contribution is -0.132. The third-order valence-corrected chi connectivity index (χ3v) is 6.08. The Bertz CT molecular complexity index is 842. The largest absolute Gasteiger partial charge is 0.383 e. The maximum Gasteiger partial charge on any atom is 0.243 e. The van der Waals surface area contributed by atoms with Gasteiger partial charge in [0, 0.05) is 32.3 Å². The number of hydrogen-bond acceptors (Lipinski definition) is 4. The van der Waals surface area contributed by atoms with Crippen molar-refractivity contribution in [3.63, 3.8) is 0 Å². The minimum Gasteiger partial charge on any atom is -0.383 e. The number of carbonyl (C=O) groups is 1. The first kappa shape index (κ1) is 21.4. The lowest BCUT2D eigenvalue weighted by Crippen LogP contribution is -2.42. The molecule has 2 aromatic carbocycles. The number of hydrogen-bond donors (Lipinski definition) is 0. The van der Waals surface area contributed by atoms with E-state index in [4.69, 9.17) is 16.3 Å². The Morgan fingerprint density at radius 3 is 2.30 bits per heavy atom. The predicted molar refractivity (Wildman–Crippen MR) is 105 cm³/mol. The van der Waals surface area contributed by atoms with Crippen molar-refractivity contribution in [2.45, 2.75) is 11.4 Å². The third kappa shape index (κ3) is 6.04. The molecule has 1 amide bonds. The van der Waals surface area contributed by atoms with Crippen LogP contribution in [0.5, 0.6) is 0 Å². The maximum atomic E-state index is 12.7. The first-order chi connectivity index (χ1) is 12.8. The van der Waals surface area contributed by atoms with Crippen LogP contribution >= 0.6 is 11.6 Å². The minimum absolute atomic E-state index is 0.0914. The van der Waals surface area contributed by atoms with Crippen molar-refractivity contribution in [3.05, 3.63) is 65.2 Å². The molecule has 0 unspecified atom stereocenters. The number of methoxy groups -OCH3 is 1. The average Bonchev–Trinajstić information content (AvgIpc) is 2.66. The van der Waals surface area contributed by atoms with Crippen molar-refractivity contribution < 1.29 is 17.9 Å². The van der Waals surface area contributed by atoms with Gasteiger partial charge in [0.15, 0.2) is 0 Å². The van der Waals surface area contributed by atoms with Gasteiger partial charge in [-0.05, 0) is 29.8 Å². The first-order valence-corrected chi connectivity index (χ1v) is 10.2. The fraction of sp³-hybridized carbons (Fsp3) is 0.316. The van der Waals surface area contributed by atoms with Gasteiger partial charge in [-0.25, -0.2) is 8.42 Å². The lowest BCUT2D eigenvalue weighted by atomic mass is 10.2. The monoisotopic (exact) mass is 410 g/mol. The van der Waals surface area contributed by atoms with Crippen LogP contribution in [0, 0.1) is 0 Å². The van der Waals surface area contributed by atoms with E-state index in [1.165, 1.54) is 31.3 Å². The first-order valence-electron chi connectivity index (χ1n) is 8.37. The topological polar surface area (TPSA) is 66.9 Å². The molecule has 0 radical (unpaired) electrons. The fourth-order valence-electron chi connectivity index (χ4n) is 2.46. The zero-order valence-corrected chi connectivity index (χ0v) is 16.9. The molecule has 2 aromatic rings. The van der Waals surface area contributed by atoms with Crippen LogP contribution in [-0.4, -0.2) is 57.4 Å². The van der Waals surface area contributed by atoms with Gasteiger partial charge < -0.3 is 9.64 Å². The van der Waals surface area contributed by atoms with Crippen LogP contribution in [0.3, 0.4) is 0 Å². The van der Waals surface area contributed by atoms with Crippen LogP contribution in [0.4, 0.5) is 0 Å². The summed E-state index contributed by atoms with van der Waals surface area (Å²) in [5.74, 6) is -0.295. The summed E-state index contributed by atoms with van der Waals surface area (Å²) in [7, 11) is -0.836. The number of sulfonamides is 1. The highest BCUT2D eigenvalue weighted by Gasteiger charge is 2.25. The molecule has 0 heterocycles. The zero-order valence-electron chi connectivity index (χ0n) is 15.3. The molecule has 0 aromatic heterocycles. The molecule has 0 saturated heterocycles. The summed E-state index contributed by atoms with van der Waals surface area (Å²) in [5.41, 5.74) is 0.963.